The lowest BCUT2D eigenvalue weighted by Crippen LogP contribution is -2.71. The van der Waals surface area contributed by atoms with E-state index < -0.39 is 40.0 Å². The van der Waals surface area contributed by atoms with Gasteiger partial charge in [-0.3, -0.25) is 9.59 Å². The molecule has 8 nitrogen and oxygen atoms in total. The Hall–Kier alpha value is -2.81. The molecule has 146 valence electrons. The first kappa shape index (κ1) is 18.5. The van der Waals surface area contributed by atoms with Crippen molar-refractivity contribution in [2.45, 2.75) is 43.0 Å². The van der Waals surface area contributed by atoms with Crippen LogP contribution >= 0.6 is 11.8 Å². The lowest BCUT2D eigenvalue weighted by atomic mass is 9.95. The maximum atomic E-state index is 12.9. The van der Waals surface area contributed by atoms with Gasteiger partial charge in [-0.25, -0.2) is 0 Å². The maximum absolute atomic E-state index is 12.9. The second-order valence-electron chi connectivity index (χ2n) is 7.36. The highest BCUT2D eigenvalue weighted by atomic mass is 32.2. The minimum absolute atomic E-state index is 0.260. The van der Waals surface area contributed by atoms with Gasteiger partial charge in [0, 0.05) is 10.3 Å². The van der Waals surface area contributed by atoms with Crippen LogP contribution in [-0.2, 0) is 9.59 Å². The Kier molecular flexibility index (Phi) is 4.22. The highest BCUT2D eigenvalue weighted by Crippen LogP contribution is 2.50. The summed E-state index contributed by atoms with van der Waals surface area (Å²) in [6, 6.07) is 7.29. The summed E-state index contributed by atoms with van der Waals surface area (Å²) in [4.78, 5) is 38.2. The number of hydrogen-bond acceptors (Lipinski definition) is 7. The van der Waals surface area contributed by atoms with Gasteiger partial charge in [-0.15, -0.1) is 11.8 Å². The number of amides is 2. The molecule has 3 atom stereocenters. The van der Waals surface area contributed by atoms with Crippen molar-refractivity contribution >= 4 is 29.5 Å². The number of nitrogens with zero attached hydrogens (tertiary/aromatic N) is 2. The normalized spacial score (nSPS) is 25.2. The number of aryl methyl sites for hydroxylation is 1. The molecule has 2 saturated heterocycles. The number of carboxylic acids is 1. The summed E-state index contributed by atoms with van der Waals surface area (Å²) >= 11 is 1.34. The van der Waals surface area contributed by atoms with E-state index in [4.69, 9.17) is 4.52 Å². The van der Waals surface area contributed by atoms with Crippen molar-refractivity contribution in [3.63, 3.8) is 0 Å². The Morgan fingerprint density at radius 2 is 1.96 bits per heavy atom. The SMILES string of the molecule is Cc1onc(-c2ccccc2)c1C(=O)N[C@H]1C(=O)N2[C@@H]1SC(C)(C)[C@@H]2C(=O)[O-]. The fourth-order valence-corrected chi connectivity index (χ4v) is 5.39. The van der Waals surface area contributed by atoms with Gasteiger partial charge in [0.05, 0.1) is 12.0 Å². The summed E-state index contributed by atoms with van der Waals surface area (Å²) in [5.74, 6) is -1.86. The molecule has 2 aliphatic rings. The summed E-state index contributed by atoms with van der Waals surface area (Å²) in [7, 11) is 0. The smallest absolute Gasteiger partial charge is 0.257 e. The van der Waals surface area contributed by atoms with E-state index >= 15 is 0 Å². The Morgan fingerprint density at radius 3 is 2.61 bits per heavy atom. The van der Waals surface area contributed by atoms with Gasteiger partial charge in [0.1, 0.15) is 28.4 Å². The van der Waals surface area contributed by atoms with Crippen LogP contribution in [0.1, 0.15) is 30.0 Å². The van der Waals surface area contributed by atoms with E-state index in [1.165, 1.54) is 16.7 Å². The van der Waals surface area contributed by atoms with E-state index in [-0.39, 0.29) is 5.56 Å². The summed E-state index contributed by atoms with van der Waals surface area (Å²) in [6.07, 6.45) is 0. The van der Waals surface area contributed by atoms with Crippen molar-refractivity contribution in [3.05, 3.63) is 41.7 Å². The number of fused-ring (bicyclic) bond motifs is 1. The van der Waals surface area contributed by atoms with Gasteiger partial charge >= 0.3 is 0 Å². The molecule has 0 bridgehead atoms. The third kappa shape index (κ3) is 2.69. The van der Waals surface area contributed by atoms with Gasteiger partial charge in [-0.1, -0.05) is 35.5 Å². The molecule has 1 aromatic carbocycles. The average Bonchev–Trinajstić information content (AvgIpc) is 3.15. The molecule has 2 aromatic rings. The third-order valence-electron chi connectivity index (χ3n) is 5.09. The van der Waals surface area contributed by atoms with E-state index in [0.29, 0.717) is 11.5 Å². The quantitative estimate of drug-likeness (QED) is 0.746. The molecule has 1 aromatic heterocycles. The lowest BCUT2D eigenvalue weighted by Gasteiger charge is -2.45. The topological polar surface area (TPSA) is 116 Å². The Labute approximate surface area is 165 Å². The number of thioether (sulfide) groups is 1. The molecule has 0 saturated carbocycles. The molecule has 0 radical (unpaired) electrons. The first-order valence-corrected chi connectivity index (χ1v) is 9.64. The average molecular weight is 400 g/mol. The van der Waals surface area contributed by atoms with Crippen LogP contribution in [-0.4, -0.2) is 50.0 Å². The monoisotopic (exact) mass is 400 g/mol. The Balaban J connectivity index is 1.58. The van der Waals surface area contributed by atoms with Crippen molar-refractivity contribution in [2.75, 3.05) is 0 Å². The number of carboxylic acid groups (broad SMARTS) is 1. The first-order chi connectivity index (χ1) is 13.2. The van der Waals surface area contributed by atoms with Gasteiger partial charge in [0.15, 0.2) is 0 Å². The number of aliphatic carboxylic acids is 1. The number of nitrogens with one attached hydrogen (secondary N) is 1. The highest BCUT2D eigenvalue weighted by molar-refractivity contribution is 8.01. The lowest BCUT2D eigenvalue weighted by molar-refractivity contribution is -0.312. The van der Waals surface area contributed by atoms with Gasteiger partial charge in [-0.2, -0.15) is 0 Å². The molecule has 4 rings (SSSR count). The molecule has 0 spiro atoms. The molecule has 9 heteroatoms. The van der Waals surface area contributed by atoms with Gasteiger partial charge < -0.3 is 24.6 Å². The van der Waals surface area contributed by atoms with E-state index in [2.05, 4.69) is 10.5 Å². The van der Waals surface area contributed by atoms with Crippen LogP contribution in [0.25, 0.3) is 11.3 Å². The second kappa shape index (κ2) is 6.37. The number of aromatic nitrogens is 1. The van der Waals surface area contributed by atoms with Crippen LogP contribution in [0.3, 0.4) is 0 Å². The van der Waals surface area contributed by atoms with Gasteiger partial charge in [0.25, 0.3) is 5.91 Å². The van der Waals surface area contributed by atoms with E-state index in [1.54, 1.807) is 20.8 Å². The standard InChI is InChI=1S/C19H19N3O5S/c1-9-11(12(21-27-9)10-7-5-4-6-8-10)15(23)20-13-16(24)22-14(18(25)26)19(2,3)28-17(13)22/h4-8,13-14,17H,1-3H3,(H,20,23)(H,25,26)/p-1/t13-,14-,17+/m0/s1. The largest absolute Gasteiger partial charge is 0.548 e. The zero-order chi connectivity index (χ0) is 20.2. The maximum Gasteiger partial charge on any atom is 0.257 e. The molecule has 2 fully saturated rings. The van der Waals surface area contributed by atoms with Crippen LogP contribution in [0.5, 0.6) is 0 Å². The first-order valence-electron chi connectivity index (χ1n) is 8.76. The predicted octanol–water partition coefficient (Wildman–Crippen LogP) is 0.561. The van der Waals surface area contributed by atoms with Crippen molar-refractivity contribution in [1.29, 1.82) is 0 Å². The third-order valence-corrected chi connectivity index (χ3v) is 6.66. The Bertz CT molecular complexity index is 971. The number of β-lactam (4-membered cyclic amide) rings is 1. The molecule has 2 aliphatic heterocycles. The molecule has 3 heterocycles. The van der Waals surface area contributed by atoms with Crippen LogP contribution in [0, 0.1) is 6.92 Å². The minimum atomic E-state index is -1.29. The summed E-state index contributed by atoms with van der Waals surface area (Å²) in [6.45, 7) is 5.13. The fourth-order valence-electron chi connectivity index (χ4n) is 3.77. The van der Waals surface area contributed by atoms with Gasteiger partial charge in [0.2, 0.25) is 5.91 Å². The molecule has 1 N–H and O–H groups in total. The molecular formula is C19H18N3O5S-. The zero-order valence-corrected chi connectivity index (χ0v) is 16.3. The van der Waals surface area contributed by atoms with Crippen molar-refractivity contribution in [3.8, 4) is 11.3 Å². The van der Waals surface area contributed by atoms with Crippen LogP contribution in [0.15, 0.2) is 34.9 Å². The van der Waals surface area contributed by atoms with Crippen molar-refractivity contribution in [1.82, 2.24) is 15.4 Å². The van der Waals surface area contributed by atoms with Crippen LogP contribution in [0.4, 0.5) is 0 Å². The number of rotatable bonds is 4. The fraction of sp³-hybridized carbons (Fsp3) is 0.368. The van der Waals surface area contributed by atoms with Gasteiger partial charge in [-0.05, 0) is 20.8 Å². The second-order valence-corrected chi connectivity index (χ2v) is 9.13. The zero-order valence-electron chi connectivity index (χ0n) is 15.5. The molecule has 0 unspecified atom stereocenters. The van der Waals surface area contributed by atoms with E-state index in [0.717, 1.165) is 5.56 Å². The molecule has 2 amide bonds. The highest BCUT2D eigenvalue weighted by Gasteiger charge is 2.62. The van der Waals surface area contributed by atoms with E-state index in [1.807, 2.05) is 30.3 Å². The molecule has 28 heavy (non-hydrogen) atoms. The molecule has 0 aliphatic carbocycles. The summed E-state index contributed by atoms with van der Waals surface area (Å²) in [5, 5.41) is 17.7. The summed E-state index contributed by atoms with van der Waals surface area (Å²) in [5.41, 5.74) is 1.38. The molecular weight excluding hydrogens is 382 g/mol. The predicted molar refractivity (Wildman–Crippen MR) is 99.0 cm³/mol. The summed E-state index contributed by atoms with van der Waals surface area (Å²) < 4.78 is 4.49. The van der Waals surface area contributed by atoms with Crippen LogP contribution < -0.4 is 10.4 Å². The Morgan fingerprint density at radius 1 is 1.29 bits per heavy atom. The minimum Gasteiger partial charge on any atom is -0.548 e. The number of carbonyl (C=O) groups is 3. The number of benzene rings is 1. The van der Waals surface area contributed by atoms with Crippen molar-refractivity contribution in [2.24, 2.45) is 0 Å². The van der Waals surface area contributed by atoms with Crippen molar-refractivity contribution < 1.29 is 24.0 Å². The number of carbonyl (C=O) groups excluding carboxylic acids is 3. The van der Waals surface area contributed by atoms with E-state index in [9.17, 15) is 19.5 Å². The van der Waals surface area contributed by atoms with Crippen LogP contribution in [0.2, 0.25) is 0 Å². The number of hydrogen-bond donors (Lipinski definition) is 1.